The predicted molar refractivity (Wildman–Crippen MR) is 124 cm³/mol. The number of carbonyl (C=O) groups excluding carboxylic acids is 2. The van der Waals surface area contributed by atoms with Crippen LogP contribution < -0.4 is 10.6 Å². The molecule has 7 nitrogen and oxygen atoms in total. The Bertz CT molecular complexity index is 991. The van der Waals surface area contributed by atoms with Gasteiger partial charge in [-0.15, -0.1) is 0 Å². The summed E-state index contributed by atoms with van der Waals surface area (Å²) >= 11 is 0. The summed E-state index contributed by atoms with van der Waals surface area (Å²) < 4.78 is 5.60. The molecule has 0 radical (unpaired) electrons. The molecule has 2 amide bonds. The molecule has 2 aliphatic rings. The van der Waals surface area contributed by atoms with Gasteiger partial charge in [0.15, 0.2) is 0 Å². The summed E-state index contributed by atoms with van der Waals surface area (Å²) in [4.78, 5) is 35.7. The summed E-state index contributed by atoms with van der Waals surface area (Å²) in [6.07, 6.45) is 1.90. The Labute approximate surface area is 193 Å². The third kappa shape index (κ3) is 5.18. The van der Waals surface area contributed by atoms with E-state index in [-0.39, 0.29) is 30.4 Å². The number of hydrogen-bond donors (Lipinski definition) is 3. The van der Waals surface area contributed by atoms with Crippen LogP contribution in [-0.4, -0.2) is 42.3 Å². The fourth-order valence-corrected chi connectivity index (χ4v) is 4.84. The molecule has 0 aliphatic heterocycles. The van der Waals surface area contributed by atoms with E-state index < -0.39 is 18.0 Å². The topological polar surface area (TPSA) is 105 Å². The van der Waals surface area contributed by atoms with Crippen LogP contribution in [0.15, 0.2) is 48.5 Å². The Balaban J connectivity index is 1.24. The number of carbonyl (C=O) groups is 3. The molecule has 174 valence electrons. The van der Waals surface area contributed by atoms with E-state index in [1.165, 1.54) is 22.3 Å². The first-order valence-corrected chi connectivity index (χ1v) is 11.6. The van der Waals surface area contributed by atoms with Crippen molar-refractivity contribution < 1.29 is 24.2 Å². The van der Waals surface area contributed by atoms with Crippen LogP contribution in [0.2, 0.25) is 0 Å². The van der Waals surface area contributed by atoms with Crippen molar-refractivity contribution in [3.05, 3.63) is 59.7 Å². The van der Waals surface area contributed by atoms with Crippen molar-refractivity contribution in [2.45, 2.75) is 44.6 Å². The highest BCUT2D eigenvalue weighted by Gasteiger charge is 2.32. The van der Waals surface area contributed by atoms with Gasteiger partial charge in [0.25, 0.3) is 0 Å². The van der Waals surface area contributed by atoms with E-state index in [1.54, 1.807) is 6.92 Å². The molecular formula is C26H30N2O5. The third-order valence-corrected chi connectivity index (χ3v) is 6.77. The fourth-order valence-electron chi connectivity index (χ4n) is 4.84. The maximum absolute atomic E-state index is 12.5. The van der Waals surface area contributed by atoms with Gasteiger partial charge in [-0.2, -0.15) is 0 Å². The molecule has 0 spiro atoms. The van der Waals surface area contributed by atoms with E-state index in [4.69, 9.17) is 9.84 Å². The average molecular weight is 451 g/mol. The summed E-state index contributed by atoms with van der Waals surface area (Å²) in [6.45, 7) is 2.23. The van der Waals surface area contributed by atoms with Crippen molar-refractivity contribution in [3.8, 4) is 11.1 Å². The maximum atomic E-state index is 12.5. The molecule has 2 aromatic carbocycles. The van der Waals surface area contributed by atoms with E-state index in [2.05, 4.69) is 34.9 Å². The number of benzene rings is 2. The molecule has 7 heteroatoms. The van der Waals surface area contributed by atoms with Crippen molar-refractivity contribution >= 4 is 18.0 Å². The normalized spacial score (nSPS) is 19.9. The lowest BCUT2D eigenvalue weighted by Crippen LogP contribution is -2.36. The molecule has 3 N–H and O–H groups in total. The number of nitrogens with one attached hydrogen (secondary N) is 2. The minimum absolute atomic E-state index is 0.0125. The summed E-state index contributed by atoms with van der Waals surface area (Å²) in [5.41, 5.74) is 4.71. The first kappa shape index (κ1) is 22.8. The highest BCUT2D eigenvalue weighted by Crippen LogP contribution is 2.44. The number of carboxylic acids is 1. The van der Waals surface area contributed by atoms with Gasteiger partial charge in [-0.1, -0.05) is 55.5 Å². The highest BCUT2D eigenvalue weighted by molar-refractivity contribution is 5.80. The molecule has 2 aromatic rings. The van der Waals surface area contributed by atoms with Crippen LogP contribution in [0.4, 0.5) is 4.79 Å². The largest absolute Gasteiger partial charge is 0.481 e. The summed E-state index contributed by atoms with van der Waals surface area (Å²) in [5, 5.41) is 14.6. The van der Waals surface area contributed by atoms with E-state index in [9.17, 15) is 14.4 Å². The molecule has 2 aliphatic carbocycles. The fraction of sp³-hybridized carbons (Fsp3) is 0.423. The quantitative estimate of drug-likeness (QED) is 0.565. The Kier molecular flexibility index (Phi) is 6.96. The first-order valence-electron chi connectivity index (χ1n) is 11.6. The molecule has 1 saturated carbocycles. The van der Waals surface area contributed by atoms with E-state index in [1.807, 2.05) is 24.3 Å². The van der Waals surface area contributed by atoms with Crippen molar-refractivity contribution in [1.29, 1.82) is 0 Å². The van der Waals surface area contributed by atoms with Crippen LogP contribution in [0.3, 0.4) is 0 Å². The number of hydrogen-bond acceptors (Lipinski definition) is 4. The lowest BCUT2D eigenvalue weighted by Gasteiger charge is -2.17. The number of ether oxygens (including phenoxy) is 1. The second kappa shape index (κ2) is 10.1. The van der Waals surface area contributed by atoms with Crippen molar-refractivity contribution in [1.82, 2.24) is 10.6 Å². The maximum Gasteiger partial charge on any atom is 0.407 e. The first-order chi connectivity index (χ1) is 15.9. The van der Waals surface area contributed by atoms with Crippen LogP contribution in [0.5, 0.6) is 0 Å². The van der Waals surface area contributed by atoms with Gasteiger partial charge in [0, 0.05) is 24.4 Å². The van der Waals surface area contributed by atoms with E-state index in [0.717, 1.165) is 0 Å². The monoisotopic (exact) mass is 450 g/mol. The van der Waals surface area contributed by atoms with Crippen LogP contribution in [0.25, 0.3) is 11.1 Å². The standard InChI is InChI=1S/C26H30N2O5/c1-16(25(30)31)12-13-27-24(29)17-10-11-18(14-17)28-26(32)33-15-23-21-8-4-2-6-19(21)20-7-3-5-9-22(20)23/h2-9,16-18,23H,10-15H2,1H3,(H,27,29)(H,28,32)(H,30,31). The van der Waals surface area contributed by atoms with Crippen molar-refractivity contribution in [2.24, 2.45) is 11.8 Å². The van der Waals surface area contributed by atoms with E-state index in [0.29, 0.717) is 32.2 Å². The molecule has 1 fully saturated rings. The minimum atomic E-state index is -0.863. The SMILES string of the molecule is CC(CCNC(=O)C1CCC(NC(=O)OCC2c3ccccc3-c3ccccc32)C1)C(=O)O. The van der Waals surface area contributed by atoms with Gasteiger partial charge in [-0.3, -0.25) is 9.59 Å². The molecular weight excluding hydrogens is 420 g/mol. The number of rotatable bonds is 8. The summed E-state index contributed by atoms with van der Waals surface area (Å²) in [5.74, 6) is -1.60. The zero-order valence-corrected chi connectivity index (χ0v) is 18.8. The van der Waals surface area contributed by atoms with E-state index >= 15 is 0 Å². The predicted octanol–water partition coefficient (Wildman–Crippen LogP) is 3.92. The zero-order chi connectivity index (χ0) is 23.4. The summed E-state index contributed by atoms with van der Waals surface area (Å²) in [7, 11) is 0. The number of aliphatic carboxylic acids is 1. The van der Waals surface area contributed by atoms with Crippen molar-refractivity contribution in [3.63, 3.8) is 0 Å². The molecule has 0 heterocycles. The molecule has 0 aromatic heterocycles. The van der Waals surface area contributed by atoms with Crippen molar-refractivity contribution in [2.75, 3.05) is 13.2 Å². The third-order valence-electron chi connectivity index (χ3n) is 6.77. The number of fused-ring (bicyclic) bond motifs is 3. The Morgan fingerprint density at radius 2 is 1.67 bits per heavy atom. The van der Waals surface area contributed by atoms with Gasteiger partial charge in [0.1, 0.15) is 6.61 Å². The highest BCUT2D eigenvalue weighted by atomic mass is 16.5. The molecule has 0 bridgehead atoms. The van der Waals surface area contributed by atoms with Gasteiger partial charge in [-0.25, -0.2) is 4.79 Å². The lowest BCUT2D eigenvalue weighted by molar-refractivity contribution is -0.141. The van der Waals surface area contributed by atoms with Gasteiger partial charge in [-0.05, 0) is 47.9 Å². The van der Waals surface area contributed by atoms with Gasteiger partial charge in [0.05, 0.1) is 5.92 Å². The Morgan fingerprint density at radius 3 is 2.30 bits per heavy atom. The van der Waals surface area contributed by atoms with Crippen LogP contribution in [-0.2, 0) is 14.3 Å². The Hall–Kier alpha value is -3.35. The molecule has 3 atom stereocenters. The summed E-state index contributed by atoms with van der Waals surface area (Å²) in [6, 6.07) is 16.3. The molecule has 0 saturated heterocycles. The lowest BCUT2D eigenvalue weighted by atomic mass is 9.98. The second-order valence-corrected chi connectivity index (χ2v) is 9.00. The second-order valence-electron chi connectivity index (χ2n) is 9.00. The van der Waals surface area contributed by atoms with Gasteiger partial charge >= 0.3 is 12.1 Å². The molecule has 4 rings (SSSR count). The smallest absolute Gasteiger partial charge is 0.407 e. The average Bonchev–Trinajstić information content (AvgIpc) is 3.40. The molecule has 3 unspecified atom stereocenters. The van der Waals surface area contributed by atoms with Crippen LogP contribution >= 0.6 is 0 Å². The number of alkyl carbamates (subject to hydrolysis) is 1. The zero-order valence-electron chi connectivity index (χ0n) is 18.8. The van der Waals surface area contributed by atoms with Gasteiger partial charge < -0.3 is 20.5 Å². The van der Waals surface area contributed by atoms with Crippen LogP contribution in [0.1, 0.15) is 49.7 Å². The number of amides is 2. The van der Waals surface area contributed by atoms with Crippen LogP contribution in [0, 0.1) is 11.8 Å². The molecule has 33 heavy (non-hydrogen) atoms. The van der Waals surface area contributed by atoms with Gasteiger partial charge in [0.2, 0.25) is 5.91 Å². The Morgan fingerprint density at radius 1 is 1.03 bits per heavy atom. The number of carboxylic acid groups (broad SMARTS) is 1. The minimum Gasteiger partial charge on any atom is -0.481 e.